The van der Waals surface area contributed by atoms with Gasteiger partial charge in [-0.3, -0.25) is 10.1 Å². The zero-order chi connectivity index (χ0) is 16.1. The van der Waals surface area contributed by atoms with Crippen LogP contribution in [-0.2, 0) is 4.79 Å². The van der Waals surface area contributed by atoms with Gasteiger partial charge in [0.1, 0.15) is 0 Å². The molecule has 116 valence electrons. The number of hydrogen-bond donors (Lipinski definition) is 3. The number of nitrogens with one attached hydrogen (secondary N) is 2. The molecule has 0 aliphatic carbocycles. The van der Waals surface area contributed by atoms with Crippen LogP contribution in [0.15, 0.2) is 29.4 Å². The highest BCUT2D eigenvalue weighted by atomic mass is 35.5. The lowest BCUT2D eigenvalue weighted by Crippen LogP contribution is -2.38. The molecule has 1 aromatic carbocycles. The molecule has 1 aromatic heterocycles. The molecule has 1 heterocycles. The largest absolute Gasteiger partial charge is 0.341 e. The zero-order valence-electron chi connectivity index (χ0n) is 11.5. The second-order valence-corrected chi connectivity index (χ2v) is 5.48. The first-order chi connectivity index (χ1) is 10.5. The van der Waals surface area contributed by atoms with Crippen molar-refractivity contribution in [2.75, 3.05) is 18.6 Å². The number of nitrogens with two attached hydrogens (primary N) is 1. The summed E-state index contributed by atoms with van der Waals surface area (Å²) in [5, 5.41) is 13.3. The van der Waals surface area contributed by atoms with E-state index in [4.69, 9.17) is 17.4 Å². The van der Waals surface area contributed by atoms with Crippen molar-refractivity contribution in [1.29, 1.82) is 0 Å². The summed E-state index contributed by atoms with van der Waals surface area (Å²) in [6, 6.07) is 6.40. The Morgan fingerprint density at radius 1 is 1.32 bits per heavy atom. The van der Waals surface area contributed by atoms with Gasteiger partial charge in [-0.15, -0.1) is 10.2 Å². The van der Waals surface area contributed by atoms with Crippen molar-refractivity contribution in [3.63, 3.8) is 0 Å². The van der Waals surface area contributed by atoms with Crippen molar-refractivity contribution in [2.45, 2.75) is 5.16 Å². The van der Waals surface area contributed by atoms with Crippen molar-refractivity contribution in [3.05, 3.63) is 29.3 Å². The van der Waals surface area contributed by atoms with E-state index in [1.807, 2.05) is 0 Å². The Balaban J connectivity index is 2.03. The summed E-state index contributed by atoms with van der Waals surface area (Å²) in [7, 11) is 1.42. The Bertz CT molecular complexity index is 687. The Morgan fingerprint density at radius 2 is 2.00 bits per heavy atom. The third-order valence-corrected chi connectivity index (χ3v) is 3.77. The number of hydrogen-bond acceptors (Lipinski definition) is 6. The minimum absolute atomic E-state index is 0.0105. The number of carbonyl (C=O) groups is 2. The summed E-state index contributed by atoms with van der Waals surface area (Å²) in [5.41, 5.74) is 0.751. The molecule has 10 heteroatoms. The maximum atomic E-state index is 11.5. The summed E-state index contributed by atoms with van der Waals surface area (Å²) in [6.45, 7) is 0. The number of imide groups is 1. The number of aromatic nitrogens is 3. The van der Waals surface area contributed by atoms with Crippen LogP contribution in [0.2, 0.25) is 5.02 Å². The van der Waals surface area contributed by atoms with Crippen LogP contribution in [0, 0.1) is 0 Å². The van der Waals surface area contributed by atoms with E-state index >= 15 is 0 Å². The zero-order valence-corrected chi connectivity index (χ0v) is 13.1. The van der Waals surface area contributed by atoms with Crippen LogP contribution in [0.25, 0.3) is 11.4 Å². The molecule has 22 heavy (non-hydrogen) atoms. The molecule has 0 bridgehead atoms. The van der Waals surface area contributed by atoms with Crippen LogP contribution >= 0.6 is 23.4 Å². The number of nitrogens with zero attached hydrogens (tertiary/aromatic N) is 3. The molecule has 0 spiro atoms. The lowest BCUT2D eigenvalue weighted by molar-refractivity contribution is -0.117. The maximum Gasteiger partial charge on any atom is 0.321 e. The SMILES string of the molecule is CNC(=O)NC(=O)CSc1nnc(-c2ccc(Cl)cc2)n1N. The van der Waals surface area contributed by atoms with E-state index in [1.54, 1.807) is 24.3 Å². The fraction of sp³-hybridized carbons (Fsp3) is 0.167. The van der Waals surface area contributed by atoms with Crippen LogP contribution in [0.4, 0.5) is 4.79 Å². The van der Waals surface area contributed by atoms with Crippen molar-refractivity contribution in [2.24, 2.45) is 0 Å². The van der Waals surface area contributed by atoms with Crippen molar-refractivity contribution < 1.29 is 9.59 Å². The van der Waals surface area contributed by atoms with E-state index in [9.17, 15) is 9.59 Å². The molecule has 0 saturated heterocycles. The minimum Gasteiger partial charge on any atom is -0.341 e. The maximum absolute atomic E-state index is 11.5. The first-order valence-electron chi connectivity index (χ1n) is 6.12. The number of carbonyl (C=O) groups excluding carboxylic acids is 2. The molecule has 0 radical (unpaired) electrons. The highest BCUT2D eigenvalue weighted by Gasteiger charge is 2.14. The fourth-order valence-corrected chi connectivity index (χ4v) is 2.31. The molecule has 2 rings (SSSR count). The molecular formula is C12H13ClN6O2S. The van der Waals surface area contributed by atoms with Gasteiger partial charge in [-0.25, -0.2) is 9.47 Å². The Labute approximate surface area is 135 Å². The van der Waals surface area contributed by atoms with Gasteiger partial charge in [-0.2, -0.15) is 0 Å². The molecule has 3 amide bonds. The molecule has 8 nitrogen and oxygen atoms in total. The van der Waals surface area contributed by atoms with Crippen molar-refractivity contribution >= 4 is 35.3 Å². The average Bonchev–Trinajstić information content (AvgIpc) is 2.87. The standard InChI is InChI=1S/C12H13ClN6O2S/c1-15-11(21)16-9(20)6-22-12-18-17-10(19(12)14)7-2-4-8(13)5-3-7/h2-5H,6,14H2,1H3,(H2,15,16,20,21). The van der Waals surface area contributed by atoms with Gasteiger partial charge in [0, 0.05) is 17.6 Å². The van der Waals surface area contributed by atoms with Gasteiger partial charge < -0.3 is 11.2 Å². The number of rotatable bonds is 4. The van der Waals surface area contributed by atoms with E-state index in [0.29, 0.717) is 16.0 Å². The lowest BCUT2D eigenvalue weighted by Gasteiger charge is -2.04. The highest BCUT2D eigenvalue weighted by Crippen LogP contribution is 2.22. The van der Waals surface area contributed by atoms with Crippen molar-refractivity contribution in [1.82, 2.24) is 25.5 Å². The molecular weight excluding hydrogens is 328 g/mol. The lowest BCUT2D eigenvalue weighted by atomic mass is 10.2. The van der Waals surface area contributed by atoms with Gasteiger partial charge in [0.05, 0.1) is 5.75 Å². The molecule has 0 aliphatic rings. The first-order valence-corrected chi connectivity index (χ1v) is 7.48. The molecule has 0 unspecified atom stereocenters. The Kier molecular flexibility index (Phi) is 5.23. The van der Waals surface area contributed by atoms with Gasteiger partial charge in [0.25, 0.3) is 0 Å². The van der Waals surface area contributed by atoms with Crippen LogP contribution < -0.4 is 16.5 Å². The quantitative estimate of drug-likeness (QED) is 0.561. The first kappa shape index (κ1) is 16.1. The topological polar surface area (TPSA) is 115 Å². The van der Waals surface area contributed by atoms with Crippen molar-refractivity contribution in [3.8, 4) is 11.4 Å². The number of nitrogen functional groups attached to an aromatic ring is 1. The molecule has 0 fully saturated rings. The van der Waals surface area contributed by atoms with E-state index < -0.39 is 11.9 Å². The highest BCUT2D eigenvalue weighted by molar-refractivity contribution is 7.99. The number of halogens is 1. The molecule has 0 atom stereocenters. The van der Waals surface area contributed by atoms with Crippen LogP contribution in [0.3, 0.4) is 0 Å². The number of benzene rings is 1. The summed E-state index contributed by atoms with van der Waals surface area (Å²) < 4.78 is 1.28. The molecule has 0 saturated carbocycles. The second kappa shape index (κ2) is 7.14. The van der Waals surface area contributed by atoms with Gasteiger partial charge in [-0.1, -0.05) is 23.4 Å². The Hall–Kier alpha value is -2.26. The van der Waals surface area contributed by atoms with E-state index in [0.717, 1.165) is 17.3 Å². The summed E-state index contributed by atoms with van der Waals surface area (Å²) in [4.78, 5) is 22.5. The normalized spacial score (nSPS) is 10.3. The number of thioether (sulfide) groups is 1. The second-order valence-electron chi connectivity index (χ2n) is 4.10. The smallest absolute Gasteiger partial charge is 0.321 e. The summed E-state index contributed by atoms with van der Waals surface area (Å²) in [5.74, 6) is 5.90. The third kappa shape index (κ3) is 3.89. The molecule has 0 aliphatic heterocycles. The Morgan fingerprint density at radius 3 is 2.64 bits per heavy atom. The predicted molar refractivity (Wildman–Crippen MR) is 83.9 cm³/mol. The molecule has 2 aromatic rings. The number of urea groups is 1. The summed E-state index contributed by atoms with van der Waals surface area (Å²) in [6.07, 6.45) is 0. The van der Waals surface area contributed by atoms with Gasteiger partial charge in [0.2, 0.25) is 11.1 Å². The van der Waals surface area contributed by atoms with E-state index in [-0.39, 0.29) is 5.75 Å². The summed E-state index contributed by atoms with van der Waals surface area (Å²) >= 11 is 6.90. The minimum atomic E-state index is -0.568. The third-order valence-electron chi connectivity index (χ3n) is 2.58. The number of amides is 3. The van der Waals surface area contributed by atoms with E-state index in [1.165, 1.54) is 11.7 Å². The van der Waals surface area contributed by atoms with Crippen LogP contribution in [0.1, 0.15) is 0 Å². The van der Waals surface area contributed by atoms with E-state index in [2.05, 4.69) is 20.8 Å². The van der Waals surface area contributed by atoms with Gasteiger partial charge in [-0.05, 0) is 24.3 Å². The molecule has 4 N–H and O–H groups in total. The van der Waals surface area contributed by atoms with Gasteiger partial charge in [0.15, 0.2) is 5.82 Å². The average molecular weight is 341 g/mol. The fourth-order valence-electron chi connectivity index (χ4n) is 1.53. The predicted octanol–water partition coefficient (Wildman–Crippen LogP) is 0.860. The monoisotopic (exact) mass is 340 g/mol. The van der Waals surface area contributed by atoms with Gasteiger partial charge >= 0.3 is 6.03 Å². The van der Waals surface area contributed by atoms with Crippen LogP contribution in [0.5, 0.6) is 0 Å². The van der Waals surface area contributed by atoms with Crippen LogP contribution in [-0.4, -0.2) is 39.6 Å².